The molecule has 2 aliphatic heterocycles. The molecule has 5 atom stereocenters. The number of hydrogen-bond donors (Lipinski definition) is 3. The van der Waals surface area contributed by atoms with E-state index < -0.39 is 32.4 Å². The van der Waals surface area contributed by atoms with Crippen molar-refractivity contribution >= 4 is 24.7 Å². The molecule has 2 saturated heterocycles. The third-order valence-corrected chi connectivity index (χ3v) is 4.61. The van der Waals surface area contributed by atoms with Crippen LogP contribution < -0.4 is 5.73 Å². The van der Waals surface area contributed by atoms with Gasteiger partial charge in [-0.2, -0.15) is 5.10 Å². The molecule has 0 saturated carbocycles. The average Bonchev–Trinajstić information content (AvgIpc) is 3.01. The Bertz CT molecular complexity index is 782. The highest BCUT2D eigenvalue weighted by Gasteiger charge is 2.53. The summed E-state index contributed by atoms with van der Waals surface area (Å²) >= 11 is 0. The molecule has 0 amide bonds. The molecular weight excluding hydrogens is 317 g/mol. The number of aromatic nitrogens is 4. The first-order chi connectivity index (χ1) is 10.5. The average molecular weight is 329 g/mol. The molecule has 2 aromatic heterocycles. The van der Waals surface area contributed by atoms with Crippen LogP contribution >= 0.6 is 7.82 Å². The monoisotopic (exact) mass is 329 g/mol. The molecule has 1 unspecified atom stereocenters. The van der Waals surface area contributed by atoms with Crippen LogP contribution in [0.2, 0.25) is 0 Å². The summed E-state index contributed by atoms with van der Waals surface area (Å²) in [6, 6.07) is 0. The SMILES string of the molecule is Nc1ncnc2c1cnn2[C@@H]1O[C@@H]2COP(=O)(O)O[C@H]2[C@H]1O. The summed E-state index contributed by atoms with van der Waals surface area (Å²) in [5.41, 5.74) is 6.11. The molecule has 11 nitrogen and oxygen atoms in total. The molecule has 4 heterocycles. The van der Waals surface area contributed by atoms with Crippen molar-refractivity contribution in [3.05, 3.63) is 12.5 Å². The quantitative estimate of drug-likeness (QED) is 0.565. The second-order valence-corrected chi connectivity index (χ2v) is 6.38. The number of nitrogens with two attached hydrogens (primary N) is 1. The van der Waals surface area contributed by atoms with Crippen LogP contribution in [0.5, 0.6) is 0 Å². The van der Waals surface area contributed by atoms with E-state index in [0.29, 0.717) is 11.0 Å². The van der Waals surface area contributed by atoms with Gasteiger partial charge in [-0.1, -0.05) is 0 Å². The summed E-state index contributed by atoms with van der Waals surface area (Å²) in [6.45, 7) is -0.164. The summed E-state index contributed by atoms with van der Waals surface area (Å²) < 4.78 is 28.0. The van der Waals surface area contributed by atoms with Gasteiger partial charge in [0.15, 0.2) is 11.9 Å². The van der Waals surface area contributed by atoms with Gasteiger partial charge in [-0.05, 0) is 0 Å². The molecule has 0 aliphatic carbocycles. The van der Waals surface area contributed by atoms with Crippen molar-refractivity contribution in [2.45, 2.75) is 24.5 Å². The Labute approximate surface area is 123 Å². The van der Waals surface area contributed by atoms with Gasteiger partial charge in [0.1, 0.15) is 30.5 Å². The molecule has 2 aliphatic rings. The molecular formula is C10H12N5O6P. The largest absolute Gasteiger partial charge is 0.472 e. The summed E-state index contributed by atoms with van der Waals surface area (Å²) in [4.78, 5) is 17.3. The normalized spacial score (nSPS) is 38.3. The van der Waals surface area contributed by atoms with E-state index >= 15 is 0 Å². The highest BCUT2D eigenvalue weighted by molar-refractivity contribution is 7.47. The lowest BCUT2D eigenvalue weighted by molar-refractivity contribution is -0.0694. The van der Waals surface area contributed by atoms with E-state index in [9.17, 15) is 14.6 Å². The van der Waals surface area contributed by atoms with Crippen LogP contribution in [0.25, 0.3) is 11.0 Å². The van der Waals surface area contributed by atoms with E-state index in [4.69, 9.17) is 15.0 Å². The predicted octanol–water partition coefficient (Wildman–Crippen LogP) is -0.817. The van der Waals surface area contributed by atoms with E-state index in [0.717, 1.165) is 0 Å². The number of aliphatic hydroxyl groups is 1. The van der Waals surface area contributed by atoms with Crippen LogP contribution in [0.1, 0.15) is 6.23 Å². The zero-order valence-electron chi connectivity index (χ0n) is 11.0. The smallest absolute Gasteiger partial charge is 0.385 e. The lowest BCUT2D eigenvalue weighted by Crippen LogP contribution is -2.39. The Kier molecular flexibility index (Phi) is 2.98. The number of hydrogen-bond acceptors (Lipinski definition) is 9. The van der Waals surface area contributed by atoms with Gasteiger partial charge in [-0.15, -0.1) is 0 Å². The van der Waals surface area contributed by atoms with Gasteiger partial charge in [0, 0.05) is 0 Å². The van der Waals surface area contributed by atoms with Crippen molar-refractivity contribution in [3.63, 3.8) is 0 Å². The van der Waals surface area contributed by atoms with Crippen LogP contribution in [0.15, 0.2) is 12.5 Å². The minimum atomic E-state index is -4.17. The first-order valence-electron chi connectivity index (χ1n) is 6.39. The van der Waals surface area contributed by atoms with Crippen molar-refractivity contribution in [2.75, 3.05) is 12.3 Å². The van der Waals surface area contributed by atoms with Crippen molar-refractivity contribution in [2.24, 2.45) is 0 Å². The fourth-order valence-electron chi connectivity index (χ4n) is 2.60. The summed E-state index contributed by atoms with van der Waals surface area (Å²) in [7, 11) is -4.17. The Morgan fingerprint density at radius 3 is 3.09 bits per heavy atom. The zero-order valence-corrected chi connectivity index (χ0v) is 11.9. The highest BCUT2D eigenvalue weighted by Crippen LogP contribution is 2.52. The number of phosphoric ester groups is 1. The minimum absolute atomic E-state index is 0.164. The van der Waals surface area contributed by atoms with Gasteiger partial charge < -0.3 is 20.5 Å². The zero-order chi connectivity index (χ0) is 15.5. The molecule has 0 bridgehead atoms. The van der Waals surface area contributed by atoms with Gasteiger partial charge in [0.2, 0.25) is 0 Å². The Balaban J connectivity index is 1.71. The van der Waals surface area contributed by atoms with Crippen LogP contribution in [0.3, 0.4) is 0 Å². The standard InChI is InChI=1S/C10H12N5O6P/c11-8-4-1-14-15(9(4)13-3-12-8)10-6(16)7-5(20-10)2-19-22(17,18)21-7/h1,3,5-7,10,16H,2H2,(H,17,18)(H2,11,12,13)/t5-,6-,7-,10-/m1/s1. The van der Waals surface area contributed by atoms with Gasteiger partial charge >= 0.3 is 7.82 Å². The highest BCUT2D eigenvalue weighted by atomic mass is 31.2. The lowest BCUT2D eigenvalue weighted by Gasteiger charge is -2.27. The van der Waals surface area contributed by atoms with E-state index in [1.54, 1.807) is 0 Å². The number of rotatable bonds is 1. The van der Waals surface area contributed by atoms with Gasteiger partial charge in [-0.25, -0.2) is 19.2 Å². The van der Waals surface area contributed by atoms with Crippen LogP contribution in [-0.2, 0) is 18.3 Å². The van der Waals surface area contributed by atoms with E-state index in [-0.39, 0.29) is 12.4 Å². The fraction of sp³-hybridized carbons (Fsp3) is 0.500. The third kappa shape index (κ3) is 2.02. The molecule has 118 valence electrons. The molecule has 0 aromatic carbocycles. The van der Waals surface area contributed by atoms with Gasteiger partial charge in [-0.3, -0.25) is 9.05 Å². The van der Waals surface area contributed by atoms with Crippen LogP contribution in [0.4, 0.5) is 5.82 Å². The third-order valence-electron chi connectivity index (χ3n) is 3.63. The van der Waals surface area contributed by atoms with Gasteiger partial charge in [0.25, 0.3) is 0 Å². The number of ether oxygens (including phenoxy) is 1. The Morgan fingerprint density at radius 2 is 2.27 bits per heavy atom. The Morgan fingerprint density at radius 1 is 1.45 bits per heavy atom. The van der Waals surface area contributed by atoms with Crippen LogP contribution in [-0.4, -0.2) is 54.7 Å². The maximum absolute atomic E-state index is 11.5. The molecule has 2 aromatic rings. The maximum atomic E-state index is 11.5. The van der Waals surface area contributed by atoms with Crippen molar-refractivity contribution in [1.82, 2.24) is 19.7 Å². The van der Waals surface area contributed by atoms with Crippen molar-refractivity contribution in [1.29, 1.82) is 0 Å². The summed E-state index contributed by atoms with van der Waals surface area (Å²) in [5, 5.41) is 15.0. The van der Waals surface area contributed by atoms with Crippen molar-refractivity contribution < 1.29 is 28.3 Å². The molecule has 0 radical (unpaired) electrons. The van der Waals surface area contributed by atoms with E-state index in [2.05, 4.69) is 19.6 Å². The molecule has 4 rings (SSSR count). The molecule has 12 heteroatoms. The number of anilines is 1. The maximum Gasteiger partial charge on any atom is 0.472 e. The number of nitrogen functional groups attached to an aromatic ring is 1. The molecule has 22 heavy (non-hydrogen) atoms. The van der Waals surface area contributed by atoms with Crippen molar-refractivity contribution in [3.8, 4) is 0 Å². The number of aliphatic hydroxyl groups excluding tert-OH is 1. The van der Waals surface area contributed by atoms with E-state index in [1.807, 2.05) is 0 Å². The molecule has 4 N–H and O–H groups in total. The first kappa shape index (κ1) is 14.0. The minimum Gasteiger partial charge on any atom is -0.385 e. The Hall–Kier alpha value is -1.62. The number of fused-ring (bicyclic) bond motifs is 2. The molecule has 0 spiro atoms. The van der Waals surface area contributed by atoms with Crippen LogP contribution in [0, 0.1) is 0 Å². The topological polar surface area (TPSA) is 155 Å². The number of nitrogens with zero attached hydrogens (tertiary/aromatic N) is 4. The van der Waals surface area contributed by atoms with Gasteiger partial charge in [0.05, 0.1) is 18.2 Å². The second-order valence-electron chi connectivity index (χ2n) is 4.98. The molecule has 2 fully saturated rings. The predicted molar refractivity (Wildman–Crippen MR) is 70.3 cm³/mol. The summed E-state index contributed by atoms with van der Waals surface area (Å²) in [5.74, 6) is 0.251. The fourth-order valence-corrected chi connectivity index (χ4v) is 3.57. The second kappa shape index (κ2) is 4.69. The number of phosphoric acid groups is 1. The lowest BCUT2D eigenvalue weighted by atomic mass is 10.1. The summed E-state index contributed by atoms with van der Waals surface area (Å²) in [6.07, 6.45) is -1.11. The first-order valence-corrected chi connectivity index (χ1v) is 7.89. The van der Waals surface area contributed by atoms with E-state index in [1.165, 1.54) is 17.2 Å².